The van der Waals surface area contributed by atoms with Crippen molar-refractivity contribution in [2.24, 2.45) is 5.84 Å². The van der Waals surface area contributed by atoms with E-state index >= 15 is 0 Å². The molecule has 4 nitrogen and oxygen atoms in total. The van der Waals surface area contributed by atoms with Crippen LogP contribution in [0.25, 0.3) is 0 Å². The number of benzene rings is 2. The highest BCUT2D eigenvalue weighted by Gasteiger charge is 2.16. The Labute approximate surface area is 124 Å². The molecule has 0 aliphatic carbocycles. The first-order valence-electron chi connectivity index (χ1n) is 5.55. The van der Waals surface area contributed by atoms with Crippen LogP contribution in [0, 0.1) is 5.82 Å². The first kappa shape index (κ1) is 14.6. The highest BCUT2D eigenvalue weighted by Crippen LogP contribution is 2.30. The number of carbonyl (C=O) groups excluding carboxylic acids is 1. The summed E-state index contributed by atoms with van der Waals surface area (Å²) in [5.41, 5.74) is 2.46. The lowest BCUT2D eigenvalue weighted by Gasteiger charge is -2.11. The number of hydrazine groups is 1. The highest BCUT2D eigenvalue weighted by atomic mass is 35.5. The van der Waals surface area contributed by atoms with Crippen LogP contribution in [0.2, 0.25) is 10.0 Å². The maximum atomic E-state index is 13.5. The van der Waals surface area contributed by atoms with E-state index in [1.165, 1.54) is 18.2 Å². The molecule has 0 aromatic heterocycles. The summed E-state index contributed by atoms with van der Waals surface area (Å²) in [5, 5.41) is 3.07. The molecule has 0 heterocycles. The lowest BCUT2D eigenvalue weighted by atomic mass is 10.1. The van der Waals surface area contributed by atoms with Gasteiger partial charge >= 0.3 is 0 Å². The van der Waals surface area contributed by atoms with Crippen molar-refractivity contribution in [2.75, 3.05) is 10.7 Å². The third-order valence-corrected chi connectivity index (χ3v) is 3.42. The number of anilines is 2. The number of amides is 1. The number of nitrogen functional groups attached to an aromatic ring is 1. The minimum Gasteiger partial charge on any atom is -0.321 e. The summed E-state index contributed by atoms with van der Waals surface area (Å²) < 4.78 is 13.5. The Kier molecular flexibility index (Phi) is 4.44. The fraction of sp³-hybridized carbons (Fsp3) is 0. The molecular formula is C13H10Cl2FN3O. The molecule has 104 valence electrons. The van der Waals surface area contributed by atoms with E-state index in [1.807, 2.05) is 0 Å². The van der Waals surface area contributed by atoms with E-state index in [-0.39, 0.29) is 16.3 Å². The van der Waals surface area contributed by atoms with Gasteiger partial charge < -0.3 is 10.7 Å². The summed E-state index contributed by atoms with van der Waals surface area (Å²) in [6.07, 6.45) is 0. The van der Waals surface area contributed by atoms with Crippen molar-refractivity contribution in [3.63, 3.8) is 0 Å². The summed E-state index contributed by atoms with van der Waals surface area (Å²) in [7, 11) is 0. The average molecular weight is 314 g/mol. The van der Waals surface area contributed by atoms with Crippen molar-refractivity contribution in [3.05, 3.63) is 57.8 Å². The van der Waals surface area contributed by atoms with Gasteiger partial charge in [-0.05, 0) is 24.3 Å². The summed E-state index contributed by atoms with van der Waals surface area (Å²) in [5.74, 6) is 4.04. The molecule has 7 heteroatoms. The molecule has 2 aromatic rings. The highest BCUT2D eigenvalue weighted by molar-refractivity contribution is 6.44. The quantitative estimate of drug-likeness (QED) is 0.598. The molecule has 0 aliphatic heterocycles. The Morgan fingerprint density at radius 2 is 1.85 bits per heavy atom. The summed E-state index contributed by atoms with van der Waals surface area (Å²) in [6.45, 7) is 0. The van der Waals surface area contributed by atoms with Gasteiger partial charge in [0.25, 0.3) is 5.91 Å². The van der Waals surface area contributed by atoms with Crippen LogP contribution in [0.1, 0.15) is 10.4 Å². The Bertz CT molecular complexity index is 664. The number of nitrogens with two attached hydrogens (primary N) is 1. The predicted octanol–water partition coefficient (Wildman–Crippen LogP) is 3.67. The second kappa shape index (κ2) is 6.09. The number of nitrogens with one attached hydrogen (secondary N) is 2. The molecule has 0 radical (unpaired) electrons. The smallest absolute Gasteiger partial charge is 0.257 e. The molecule has 0 saturated heterocycles. The van der Waals surface area contributed by atoms with E-state index in [0.29, 0.717) is 10.7 Å². The van der Waals surface area contributed by atoms with E-state index in [0.717, 1.165) is 0 Å². The van der Waals surface area contributed by atoms with E-state index in [4.69, 9.17) is 29.0 Å². The van der Waals surface area contributed by atoms with Crippen molar-refractivity contribution >= 4 is 40.5 Å². The first-order chi connectivity index (χ1) is 9.54. The zero-order chi connectivity index (χ0) is 14.7. The van der Waals surface area contributed by atoms with E-state index in [2.05, 4.69) is 10.7 Å². The van der Waals surface area contributed by atoms with E-state index in [1.54, 1.807) is 18.2 Å². The molecule has 0 spiro atoms. The van der Waals surface area contributed by atoms with Crippen LogP contribution >= 0.6 is 23.2 Å². The molecular weight excluding hydrogens is 304 g/mol. The Hall–Kier alpha value is -1.82. The van der Waals surface area contributed by atoms with Gasteiger partial charge in [0.05, 0.1) is 27.0 Å². The van der Waals surface area contributed by atoms with Crippen LogP contribution in [0.3, 0.4) is 0 Å². The molecule has 0 fully saturated rings. The van der Waals surface area contributed by atoms with Crippen molar-refractivity contribution in [3.8, 4) is 0 Å². The Morgan fingerprint density at radius 1 is 1.15 bits per heavy atom. The molecule has 0 saturated carbocycles. The van der Waals surface area contributed by atoms with Crippen LogP contribution in [0.5, 0.6) is 0 Å². The van der Waals surface area contributed by atoms with Crippen molar-refractivity contribution in [2.45, 2.75) is 0 Å². The number of hydrogen-bond donors (Lipinski definition) is 3. The molecule has 0 aliphatic rings. The maximum Gasteiger partial charge on any atom is 0.257 e. The lowest BCUT2D eigenvalue weighted by Crippen LogP contribution is -2.18. The van der Waals surface area contributed by atoms with Crippen molar-refractivity contribution < 1.29 is 9.18 Å². The number of para-hydroxylation sites is 1. The van der Waals surface area contributed by atoms with Crippen LogP contribution in [-0.4, -0.2) is 5.91 Å². The Morgan fingerprint density at radius 3 is 2.55 bits per heavy atom. The molecule has 2 rings (SSSR count). The maximum absolute atomic E-state index is 13.5. The van der Waals surface area contributed by atoms with Gasteiger partial charge in [0.1, 0.15) is 5.82 Å². The molecule has 20 heavy (non-hydrogen) atoms. The summed E-state index contributed by atoms with van der Waals surface area (Å²) >= 11 is 11.8. The number of carbonyl (C=O) groups is 1. The van der Waals surface area contributed by atoms with Gasteiger partial charge in [-0.25, -0.2) is 4.39 Å². The third-order valence-electron chi connectivity index (χ3n) is 2.60. The van der Waals surface area contributed by atoms with Crippen LogP contribution in [0.15, 0.2) is 36.4 Å². The predicted molar refractivity (Wildman–Crippen MR) is 78.6 cm³/mol. The van der Waals surface area contributed by atoms with Crippen molar-refractivity contribution in [1.82, 2.24) is 0 Å². The first-order valence-corrected chi connectivity index (χ1v) is 6.30. The summed E-state index contributed by atoms with van der Waals surface area (Å²) in [4.78, 5) is 12.1. The van der Waals surface area contributed by atoms with Gasteiger partial charge in [0, 0.05) is 0 Å². The zero-order valence-corrected chi connectivity index (χ0v) is 11.6. The van der Waals surface area contributed by atoms with E-state index in [9.17, 15) is 9.18 Å². The number of halogens is 3. The second-order valence-electron chi connectivity index (χ2n) is 3.86. The number of hydrogen-bond acceptors (Lipinski definition) is 3. The van der Waals surface area contributed by atoms with Gasteiger partial charge in [0.15, 0.2) is 0 Å². The van der Waals surface area contributed by atoms with Gasteiger partial charge in [-0.2, -0.15) is 0 Å². The fourth-order valence-corrected chi connectivity index (χ4v) is 2.00. The Balaban J connectivity index is 2.34. The summed E-state index contributed by atoms with van der Waals surface area (Å²) in [6, 6.07) is 8.85. The average Bonchev–Trinajstić information content (AvgIpc) is 2.43. The van der Waals surface area contributed by atoms with Gasteiger partial charge in [-0.3, -0.25) is 10.6 Å². The molecule has 1 amide bonds. The molecule has 0 atom stereocenters. The SMILES string of the molecule is NNc1c(F)cccc1C(=O)Nc1cccc(Cl)c1Cl. The van der Waals surface area contributed by atoms with Crippen LogP contribution in [0.4, 0.5) is 15.8 Å². The zero-order valence-electron chi connectivity index (χ0n) is 10.1. The van der Waals surface area contributed by atoms with Gasteiger partial charge in [0.2, 0.25) is 0 Å². The molecule has 0 unspecified atom stereocenters. The normalized spacial score (nSPS) is 10.2. The second-order valence-corrected chi connectivity index (χ2v) is 4.65. The van der Waals surface area contributed by atoms with Gasteiger partial charge in [-0.15, -0.1) is 0 Å². The van der Waals surface area contributed by atoms with Crippen LogP contribution < -0.4 is 16.6 Å². The molecule has 0 bridgehead atoms. The minimum absolute atomic E-state index is 0.0588. The third kappa shape index (κ3) is 2.85. The standard InChI is InChI=1S/C13H10Cl2FN3O/c14-8-4-2-6-10(11(8)15)18-13(20)7-3-1-5-9(16)12(7)19-17/h1-6,19H,17H2,(H,18,20). The largest absolute Gasteiger partial charge is 0.321 e. The monoisotopic (exact) mass is 313 g/mol. The number of rotatable bonds is 3. The van der Waals surface area contributed by atoms with E-state index < -0.39 is 11.7 Å². The van der Waals surface area contributed by atoms with Gasteiger partial charge in [-0.1, -0.05) is 35.3 Å². The van der Waals surface area contributed by atoms with Crippen molar-refractivity contribution in [1.29, 1.82) is 0 Å². The molecule has 4 N–H and O–H groups in total. The topological polar surface area (TPSA) is 67.1 Å². The molecule has 2 aromatic carbocycles. The lowest BCUT2D eigenvalue weighted by molar-refractivity contribution is 0.102. The minimum atomic E-state index is -0.627. The van der Waals surface area contributed by atoms with Crippen LogP contribution in [-0.2, 0) is 0 Å². The fourth-order valence-electron chi connectivity index (χ4n) is 1.65.